The van der Waals surface area contributed by atoms with Crippen LogP contribution in [0, 0.1) is 0 Å². The molecule has 0 amide bonds. The minimum atomic E-state index is 0.0495. The zero-order chi connectivity index (χ0) is 14.2. The highest BCUT2D eigenvalue weighted by molar-refractivity contribution is 5.23. The van der Waals surface area contributed by atoms with Crippen molar-refractivity contribution in [1.82, 2.24) is 20.3 Å². The molecular weight excluding hydrogens is 252 g/mol. The predicted octanol–water partition coefficient (Wildman–Crippen LogP) is 2.16. The Bertz CT molecular complexity index is 518. The second-order valence-corrected chi connectivity index (χ2v) is 4.48. The van der Waals surface area contributed by atoms with E-state index in [1.54, 1.807) is 25.7 Å². The molecule has 0 aromatic carbocycles. The van der Waals surface area contributed by atoms with E-state index in [0.29, 0.717) is 5.88 Å². The molecule has 2 rings (SSSR count). The van der Waals surface area contributed by atoms with Crippen LogP contribution in [0.4, 0.5) is 0 Å². The molecule has 2 aromatic rings. The van der Waals surface area contributed by atoms with Gasteiger partial charge in [0.15, 0.2) is 0 Å². The van der Waals surface area contributed by atoms with Crippen molar-refractivity contribution >= 4 is 0 Å². The lowest BCUT2D eigenvalue weighted by Crippen LogP contribution is -2.26. The largest absolute Gasteiger partial charge is 0.480 e. The Labute approximate surface area is 119 Å². The number of aromatic nitrogens is 3. The second-order valence-electron chi connectivity index (χ2n) is 4.48. The molecule has 0 aliphatic rings. The lowest BCUT2D eigenvalue weighted by molar-refractivity contribution is 0.376. The second kappa shape index (κ2) is 7.55. The summed E-state index contributed by atoms with van der Waals surface area (Å²) < 4.78 is 5.31. The lowest BCUT2D eigenvalue weighted by atomic mass is 10.1. The first-order chi connectivity index (χ1) is 9.85. The summed E-state index contributed by atoms with van der Waals surface area (Å²) in [4.78, 5) is 13.0. The highest BCUT2D eigenvalue weighted by Gasteiger charge is 2.18. The fraction of sp³-hybridized carbons (Fsp3) is 0.400. The van der Waals surface area contributed by atoms with Crippen molar-refractivity contribution < 1.29 is 4.74 Å². The summed E-state index contributed by atoms with van der Waals surface area (Å²) >= 11 is 0. The molecule has 1 N–H and O–H groups in total. The van der Waals surface area contributed by atoms with Crippen LogP contribution in [-0.2, 0) is 6.42 Å². The highest BCUT2D eigenvalue weighted by atomic mass is 16.5. The summed E-state index contributed by atoms with van der Waals surface area (Å²) in [7, 11) is 1.62. The molecule has 20 heavy (non-hydrogen) atoms. The van der Waals surface area contributed by atoms with Crippen molar-refractivity contribution in [3.8, 4) is 5.88 Å². The number of rotatable bonds is 7. The fourth-order valence-electron chi connectivity index (χ4n) is 2.04. The van der Waals surface area contributed by atoms with Gasteiger partial charge in [-0.05, 0) is 25.1 Å². The van der Waals surface area contributed by atoms with Crippen LogP contribution in [0.25, 0.3) is 0 Å². The molecule has 1 unspecified atom stereocenters. The molecule has 5 heteroatoms. The molecule has 1 atom stereocenters. The van der Waals surface area contributed by atoms with Gasteiger partial charge in [-0.2, -0.15) is 0 Å². The smallest absolute Gasteiger partial charge is 0.237 e. The first kappa shape index (κ1) is 14.4. The summed E-state index contributed by atoms with van der Waals surface area (Å²) in [6, 6.07) is 5.98. The molecule has 0 fully saturated rings. The van der Waals surface area contributed by atoms with Gasteiger partial charge in [-0.15, -0.1) is 0 Å². The van der Waals surface area contributed by atoms with Gasteiger partial charge in [0.05, 0.1) is 13.2 Å². The number of nitrogens with zero attached hydrogens (tertiary/aromatic N) is 3. The van der Waals surface area contributed by atoms with Gasteiger partial charge in [0.25, 0.3) is 0 Å². The van der Waals surface area contributed by atoms with E-state index < -0.39 is 0 Å². The average molecular weight is 272 g/mol. The molecule has 0 saturated heterocycles. The normalized spacial score (nSPS) is 12.1. The SMILES string of the molecule is CCCNC(Cc1ccccn1)c1nccnc1OC. The quantitative estimate of drug-likeness (QED) is 0.837. The highest BCUT2D eigenvalue weighted by Crippen LogP contribution is 2.22. The number of pyridine rings is 1. The van der Waals surface area contributed by atoms with Crippen LogP contribution in [0.15, 0.2) is 36.8 Å². The third-order valence-corrected chi connectivity index (χ3v) is 2.99. The van der Waals surface area contributed by atoms with Gasteiger partial charge < -0.3 is 10.1 Å². The number of nitrogens with one attached hydrogen (secondary N) is 1. The first-order valence-corrected chi connectivity index (χ1v) is 6.83. The molecule has 0 spiro atoms. The van der Waals surface area contributed by atoms with Crippen LogP contribution in [0.1, 0.15) is 30.8 Å². The maximum Gasteiger partial charge on any atom is 0.237 e. The van der Waals surface area contributed by atoms with E-state index >= 15 is 0 Å². The van der Waals surface area contributed by atoms with Gasteiger partial charge in [-0.25, -0.2) is 4.98 Å². The number of hydrogen-bond donors (Lipinski definition) is 1. The molecule has 0 aliphatic heterocycles. The monoisotopic (exact) mass is 272 g/mol. The van der Waals surface area contributed by atoms with Crippen molar-refractivity contribution in [3.05, 3.63) is 48.2 Å². The molecule has 0 bridgehead atoms. The van der Waals surface area contributed by atoms with Gasteiger partial charge >= 0.3 is 0 Å². The first-order valence-electron chi connectivity index (χ1n) is 6.83. The van der Waals surface area contributed by atoms with Crippen molar-refractivity contribution in [2.24, 2.45) is 0 Å². The lowest BCUT2D eigenvalue weighted by Gasteiger charge is -2.19. The Balaban J connectivity index is 2.22. The summed E-state index contributed by atoms with van der Waals surface area (Å²) in [6.07, 6.45) is 6.95. The Kier molecular flexibility index (Phi) is 5.43. The molecule has 2 aromatic heterocycles. The molecule has 5 nitrogen and oxygen atoms in total. The van der Waals surface area contributed by atoms with E-state index in [4.69, 9.17) is 4.74 Å². The number of methoxy groups -OCH3 is 1. The minimum Gasteiger partial charge on any atom is -0.480 e. The fourth-order valence-corrected chi connectivity index (χ4v) is 2.04. The molecule has 0 radical (unpaired) electrons. The van der Waals surface area contributed by atoms with Crippen molar-refractivity contribution in [3.63, 3.8) is 0 Å². The third-order valence-electron chi connectivity index (χ3n) is 2.99. The summed E-state index contributed by atoms with van der Waals surface area (Å²) in [5, 5.41) is 3.49. The van der Waals surface area contributed by atoms with Crippen LogP contribution in [0.2, 0.25) is 0 Å². The van der Waals surface area contributed by atoms with Gasteiger partial charge in [0.2, 0.25) is 5.88 Å². The minimum absolute atomic E-state index is 0.0495. The van der Waals surface area contributed by atoms with E-state index in [9.17, 15) is 0 Å². The van der Waals surface area contributed by atoms with Gasteiger partial charge in [-0.1, -0.05) is 13.0 Å². The van der Waals surface area contributed by atoms with Gasteiger partial charge in [-0.3, -0.25) is 9.97 Å². The van der Waals surface area contributed by atoms with Gasteiger partial charge in [0.1, 0.15) is 5.69 Å². The topological polar surface area (TPSA) is 59.9 Å². The van der Waals surface area contributed by atoms with Crippen LogP contribution in [0.3, 0.4) is 0 Å². The van der Waals surface area contributed by atoms with E-state index in [-0.39, 0.29) is 6.04 Å². The van der Waals surface area contributed by atoms with Gasteiger partial charge in [0, 0.05) is 30.7 Å². The summed E-state index contributed by atoms with van der Waals surface area (Å²) in [5.74, 6) is 0.567. The molecular formula is C15H20N4O. The van der Waals surface area contributed by atoms with Crippen molar-refractivity contribution in [2.45, 2.75) is 25.8 Å². The molecule has 0 saturated carbocycles. The van der Waals surface area contributed by atoms with E-state index in [1.807, 2.05) is 18.2 Å². The summed E-state index contributed by atoms with van der Waals surface area (Å²) in [5.41, 5.74) is 1.85. The number of ether oxygens (including phenoxy) is 1. The predicted molar refractivity (Wildman–Crippen MR) is 77.6 cm³/mol. The van der Waals surface area contributed by atoms with Crippen LogP contribution < -0.4 is 10.1 Å². The molecule has 106 valence electrons. The van der Waals surface area contributed by atoms with Crippen LogP contribution in [0.5, 0.6) is 5.88 Å². The molecule has 0 aliphatic carbocycles. The third kappa shape index (κ3) is 3.74. The van der Waals surface area contributed by atoms with Crippen molar-refractivity contribution in [2.75, 3.05) is 13.7 Å². The van der Waals surface area contributed by atoms with Crippen molar-refractivity contribution in [1.29, 1.82) is 0 Å². The maximum atomic E-state index is 5.31. The number of hydrogen-bond acceptors (Lipinski definition) is 5. The standard InChI is InChI=1S/C15H20N4O/c1-3-7-17-13(11-12-6-4-5-8-16-12)14-15(20-2)19-10-9-18-14/h4-6,8-10,13,17H,3,7,11H2,1-2H3. The zero-order valence-electron chi connectivity index (χ0n) is 11.9. The Hall–Kier alpha value is -2.01. The Morgan fingerprint density at radius 2 is 2.00 bits per heavy atom. The Morgan fingerprint density at radius 3 is 2.70 bits per heavy atom. The maximum absolute atomic E-state index is 5.31. The van der Waals surface area contributed by atoms with E-state index in [2.05, 4.69) is 27.2 Å². The van der Waals surface area contributed by atoms with E-state index in [0.717, 1.165) is 30.8 Å². The summed E-state index contributed by atoms with van der Waals surface area (Å²) in [6.45, 7) is 3.05. The zero-order valence-corrected chi connectivity index (χ0v) is 11.9. The molecule has 2 heterocycles. The Morgan fingerprint density at radius 1 is 1.15 bits per heavy atom. The van der Waals surface area contributed by atoms with Crippen LogP contribution >= 0.6 is 0 Å². The van der Waals surface area contributed by atoms with E-state index in [1.165, 1.54) is 0 Å². The van der Waals surface area contributed by atoms with Crippen LogP contribution in [-0.4, -0.2) is 28.6 Å². The average Bonchev–Trinajstić information content (AvgIpc) is 2.52.